The van der Waals surface area contributed by atoms with E-state index in [0.717, 1.165) is 13.1 Å². The molecule has 106 valence electrons. The van der Waals surface area contributed by atoms with Gasteiger partial charge in [-0.2, -0.15) is 0 Å². The number of hydrogen-bond donors (Lipinski definition) is 1. The fourth-order valence-electron chi connectivity index (χ4n) is 2.78. The van der Waals surface area contributed by atoms with Crippen LogP contribution in [0.3, 0.4) is 0 Å². The molecule has 0 saturated carbocycles. The zero-order valence-electron chi connectivity index (χ0n) is 12.7. The second kappa shape index (κ2) is 6.42. The number of likely N-dealkylation sites (tertiary alicyclic amines) is 1. The second-order valence-corrected chi connectivity index (χ2v) is 6.30. The van der Waals surface area contributed by atoms with Crippen LogP contribution in [0.1, 0.15) is 38.7 Å². The van der Waals surface area contributed by atoms with Gasteiger partial charge < -0.3 is 10.2 Å². The summed E-state index contributed by atoms with van der Waals surface area (Å²) in [7, 11) is 0. The van der Waals surface area contributed by atoms with Crippen LogP contribution in [0.25, 0.3) is 0 Å². The molecule has 0 unspecified atom stereocenters. The van der Waals surface area contributed by atoms with Gasteiger partial charge in [0.1, 0.15) is 0 Å². The molecule has 19 heavy (non-hydrogen) atoms. The topological polar surface area (TPSA) is 15.3 Å². The number of hydrogen-bond acceptors (Lipinski definition) is 2. The molecular formula is C17H28N2. The Morgan fingerprint density at radius 2 is 2.00 bits per heavy atom. The first kappa shape index (κ1) is 14.4. The highest BCUT2D eigenvalue weighted by Crippen LogP contribution is 2.33. The molecule has 2 nitrogen and oxygen atoms in total. The molecule has 1 aliphatic heterocycles. The van der Waals surface area contributed by atoms with Crippen molar-refractivity contribution in [3.63, 3.8) is 0 Å². The van der Waals surface area contributed by atoms with Gasteiger partial charge in [-0.05, 0) is 56.0 Å². The predicted molar refractivity (Wildman–Crippen MR) is 83.7 cm³/mol. The molecule has 0 atom stereocenters. The SMILES string of the molecule is CCC1(C)CCN(CCNc2cccc(C)c2)CC1. The Kier molecular flexibility index (Phi) is 4.87. The minimum absolute atomic E-state index is 0.598. The van der Waals surface area contributed by atoms with E-state index < -0.39 is 0 Å². The summed E-state index contributed by atoms with van der Waals surface area (Å²) in [5.74, 6) is 0. The van der Waals surface area contributed by atoms with Crippen LogP contribution in [0.4, 0.5) is 5.69 Å². The molecule has 2 rings (SSSR count). The molecule has 1 aliphatic rings. The highest BCUT2D eigenvalue weighted by Gasteiger charge is 2.27. The molecule has 1 saturated heterocycles. The van der Waals surface area contributed by atoms with Crippen LogP contribution < -0.4 is 5.32 Å². The van der Waals surface area contributed by atoms with Gasteiger partial charge >= 0.3 is 0 Å². The van der Waals surface area contributed by atoms with Crippen molar-refractivity contribution in [2.24, 2.45) is 5.41 Å². The van der Waals surface area contributed by atoms with E-state index in [4.69, 9.17) is 0 Å². The molecule has 1 heterocycles. The van der Waals surface area contributed by atoms with Crippen molar-refractivity contribution >= 4 is 5.69 Å². The minimum Gasteiger partial charge on any atom is -0.384 e. The maximum Gasteiger partial charge on any atom is 0.0343 e. The van der Waals surface area contributed by atoms with E-state index in [2.05, 4.69) is 55.3 Å². The van der Waals surface area contributed by atoms with Gasteiger partial charge in [-0.1, -0.05) is 32.4 Å². The van der Waals surface area contributed by atoms with Crippen LogP contribution in [-0.4, -0.2) is 31.1 Å². The van der Waals surface area contributed by atoms with Crippen molar-refractivity contribution in [3.05, 3.63) is 29.8 Å². The summed E-state index contributed by atoms with van der Waals surface area (Å²) >= 11 is 0. The van der Waals surface area contributed by atoms with E-state index >= 15 is 0 Å². The number of nitrogens with zero attached hydrogens (tertiary/aromatic N) is 1. The molecule has 1 N–H and O–H groups in total. The molecule has 0 aromatic heterocycles. The van der Waals surface area contributed by atoms with Crippen LogP contribution in [-0.2, 0) is 0 Å². The van der Waals surface area contributed by atoms with Gasteiger partial charge in [-0.3, -0.25) is 0 Å². The maximum absolute atomic E-state index is 3.53. The largest absolute Gasteiger partial charge is 0.384 e. The summed E-state index contributed by atoms with van der Waals surface area (Å²) in [5, 5.41) is 3.53. The predicted octanol–water partition coefficient (Wildman–Crippen LogP) is 3.92. The number of piperidine rings is 1. The number of rotatable bonds is 5. The minimum atomic E-state index is 0.598. The van der Waals surface area contributed by atoms with Gasteiger partial charge in [0.05, 0.1) is 0 Å². The lowest BCUT2D eigenvalue weighted by atomic mass is 9.78. The third-order valence-electron chi connectivity index (χ3n) is 4.69. The Hall–Kier alpha value is -1.02. The summed E-state index contributed by atoms with van der Waals surface area (Å²) < 4.78 is 0. The summed E-state index contributed by atoms with van der Waals surface area (Å²) in [4.78, 5) is 2.60. The van der Waals surface area contributed by atoms with Crippen LogP contribution in [0.15, 0.2) is 24.3 Å². The fraction of sp³-hybridized carbons (Fsp3) is 0.647. The maximum atomic E-state index is 3.53. The molecule has 1 aromatic rings. The Bertz CT molecular complexity index is 392. The second-order valence-electron chi connectivity index (χ2n) is 6.30. The lowest BCUT2D eigenvalue weighted by Gasteiger charge is -2.39. The van der Waals surface area contributed by atoms with Gasteiger partial charge in [-0.25, -0.2) is 0 Å². The number of anilines is 1. The summed E-state index contributed by atoms with van der Waals surface area (Å²) in [6.45, 7) is 11.6. The Morgan fingerprint density at radius 3 is 2.63 bits per heavy atom. The van der Waals surface area contributed by atoms with Gasteiger partial charge in [-0.15, -0.1) is 0 Å². The molecule has 0 amide bonds. The molecule has 2 heteroatoms. The van der Waals surface area contributed by atoms with Crippen LogP contribution >= 0.6 is 0 Å². The number of aryl methyl sites for hydroxylation is 1. The van der Waals surface area contributed by atoms with Crippen molar-refractivity contribution in [3.8, 4) is 0 Å². The van der Waals surface area contributed by atoms with Crippen molar-refractivity contribution in [2.45, 2.75) is 40.0 Å². The van der Waals surface area contributed by atoms with E-state index in [0.29, 0.717) is 5.41 Å². The standard InChI is InChI=1S/C17H28N2/c1-4-17(3)8-11-19(12-9-17)13-10-18-16-7-5-6-15(2)14-16/h5-7,14,18H,4,8-13H2,1-3H3. The van der Waals surface area contributed by atoms with Crippen molar-refractivity contribution < 1.29 is 0 Å². The van der Waals surface area contributed by atoms with Gasteiger partial charge in [0.2, 0.25) is 0 Å². The van der Waals surface area contributed by atoms with Crippen molar-refractivity contribution in [1.82, 2.24) is 4.90 Å². The first-order chi connectivity index (χ1) is 9.11. The van der Waals surface area contributed by atoms with Crippen LogP contribution in [0.5, 0.6) is 0 Å². The van der Waals surface area contributed by atoms with Crippen molar-refractivity contribution in [2.75, 3.05) is 31.5 Å². The molecule has 1 aromatic carbocycles. The highest BCUT2D eigenvalue weighted by molar-refractivity contribution is 5.45. The quantitative estimate of drug-likeness (QED) is 0.863. The van der Waals surface area contributed by atoms with Crippen LogP contribution in [0.2, 0.25) is 0 Å². The number of nitrogens with one attached hydrogen (secondary N) is 1. The van der Waals surface area contributed by atoms with E-state index in [1.54, 1.807) is 0 Å². The Labute approximate surface area is 118 Å². The average molecular weight is 260 g/mol. The monoisotopic (exact) mass is 260 g/mol. The lowest BCUT2D eigenvalue weighted by Crippen LogP contribution is -2.40. The molecule has 0 bridgehead atoms. The van der Waals surface area contributed by atoms with Crippen LogP contribution in [0, 0.1) is 12.3 Å². The third-order valence-corrected chi connectivity index (χ3v) is 4.69. The zero-order chi connectivity index (χ0) is 13.7. The fourth-order valence-corrected chi connectivity index (χ4v) is 2.78. The Morgan fingerprint density at radius 1 is 1.26 bits per heavy atom. The van der Waals surface area contributed by atoms with Crippen molar-refractivity contribution in [1.29, 1.82) is 0 Å². The van der Waals surface area contributed by atoms with E-state index in [1.807, 2.05) is 0 Å². The molecular weight excluding hydrogens is 232 g/mol. The molecule has 0 spiro atoms. The summed E-state index contributed by atoms with van der Waals surface area (Å²) in [6.07, 6.45) is 4.03. The first-order valence-electron chi connectivity index (χ1n) is 7.64. The van der Waals surface area contributed by atoms with E-state index in [9.17, 15) is 0 Å². The van der Waals surface area contributed by atoms with E-state index in [1.165, 1.54) is 43.6 Å². The number of benzene rings is 1. The summed E-state index contributed by atoms with van der Waals surface area (Å²) in [5.41, 5.74) is 3.16. The molecule has 0 radical (unpaired) electrons. The zero-order valence-corrected chi connectivity index (χ0v) is 12.7. The van der Waals surface area contributed by atoms with E-state index in [-0.39, 0.29) is 0 Å². The first-order valence-corrected chi connectivity index (χ1v) is 7.64. The smallest absolute Gasteiger partial charge is 0.0343 e. The third kappa shape index (κ3) is 4.24. The lowest BCUT2D eigenvalue weighted by molar-refractivity contribution is 0.118. The van der Waals surface area contributed by atoms with Gasteiger partial charge in [0.15, 0.2) is 0 Å². The molecule has 0 aliphatic carbocycles. The molecule has 1 fully saturated rings. The van der Waals surface area contributed by atoms with Gasteiger partial charge in [0, 0.05) is 18.8 Å². The summed E-state index contributed by atoms with van der Waals surface area (Å²) in [6, 6.07) is 8.62. The van der Waals surface area contributed by atoms with Gasteiger partial charge in [0.25, 0.3) is 0 Å². The average Bonchev–Trinajstić information content (AvgIpc) is 2.41. The highest BCUT2D eigenvalue weighted by atomic mass is 15.1. The Balaban J connectivity index is 1.70. The normalized spacial score (nSPS) is 19.3.